The molecule has 0 aliphatic carbocycles. The molecule has 0 bridgehead atoms. The van der Waals surface area contributed by atoms with Gasteiger partial charge in [-0.25, -0.2) is 0 Å². The van der Waals surface area contributed by atoms with Gasteiger partial charge in [0.15, 0.2) is 17.4 Å². The van der Waals surface area contributed by atoms with Crippen LogP contribution in [-0.4, -0.2) is 23.9 Å². The topological polar surface area (TPSA) is 35.2 Å². The zero-order valence-corrected chi connectivity index (χ0v) is 14.3. The number of hydrogen-bond acceptors (Lipinski definition) is 2. The third-order valence-electron chi connectivity index (χ3n) is 3.13. The van der Waals surface area contributed by atoms with Crippen LogP contribution in [0.4, 0.5) is 0 Å². The summed E-state index contributed by atoms with van der Waals surface area (Å²) in [6.07, 6.45) is 9.00. The van der Waals surface area contributed by atoms with E-state index in [1.807, 2.05) is 24.3 Å². The Morgan fingerprint density at radius 2 is 1.47 bits per heavy atom. The normalized spacial score (nSPS) is 12.7. The fraction of sp³-hybridized carbons (Fsp3) is 0.467. The molecular weight excluding hydrogens is 266 g/mol. The average molecular weight is 296 g/mol. The maximum atomic E-state index is 6.64. The van der Waals surface area contributed by atoms with E-state index in [0.29, 0.717) is 0 Å². The second-order valence-electron chi connectivity index (χ2n) is 4.86. The monoisotopic (exact) mass is 295 g/mol. The highest BCUT2D eigenvalue weighted by Gasteiger charge is 2.33. The van der Waals surface area contributed by atoms with E-state index < -0.39 is 17.4 Å². The van der Waals surface area contributed by atoms with Gasteiger partial charge in [0.1, 0.15) is 0 Å². The molecule has 108 valence electrons. The Labute approximate surface area is 121 Å². The Balaban J connectivity index is 4.86. The molecular formula is C15H29NOSi2. The van der Waals surface area contributed by atoms with Gasteiger partial charge < -0.3 is 9.85 Å². The zero-order chi connectivity index (χ0) is 14.6. The maximum Gasteiger partial charge on any atom is 0.190 e. The molecule has 1 atom stereocenters. The van der Waals surface area contributed by atoms with Crippen molar-refractivity contribution in [3.05, 3.63) is 50.6 Å². The van der Waals surface area contributed by atoms with Gasteiger partial charge in [-0.1, -0.05) is 24.3 Å². The summed E-state index contributed by atoms with van der Waals surface area (Å²) in [5.74, 6) is 0. The number of nitrogens with two attached hydrogens (primary N) is 1. The van der Waals surface area contributed by atoms with Gasteiger partial charge in [-0.15, -0.1) is 26.3 Å². The molecule has 0 aliphatic rings. The van der Waals surface area contributed by atoms with Crippen molar-refractivity contribution in [3.63, 3.8) is 0 Å². The van der Waals surface area contributed by atoms with Crippen LogP contribution in [0.5, 0.6) is 0 Å². The van der Waals surface area contributed by atoms with Crippen molar-refractivity contribution in [2.24, 2.45) is 5.73 Å². The smallest absolute Gasteiger partial charge is 0.190 e. The molecule has 1 unspecified atom stereocenters. The van der Waals surface area contributed by atoms with Crippen LogP contribution in [-0.2, 0) is 4.12 Å². The van der Waals surface area contributed by atoms with Crippen LogP contribution in [0, 0.1) is 0 Å². The highest BCUT2D eigenvalue weighted by molar-refractivity contribution is 6.81. The van der Waals surface area contributed by atoms with E-state index in [0.717, 1.165) is 43.2 Å². The van der Waals surface area contributed by atoms with Crippen molar-refractivity contribution >= 4 is 17.4 Å². The van der Waals surface area contributed by atoms with E-state index in [4.69, 9.17) is 9.85 Å². The van der Waals surface area contributed by atoms with Crippen molar-refractivity contribution in [1.82, 2.24) is 0 Å². The van der Waals surface area contributed by atoms with Crippen LogP contribution < -0.4 is 5.73 Å². The molecule has 2 nitrogen and oxygen atoms in total. The summed E-state index contributed by atoms with van der Waals surface area (Å²) in [6, 6.07) is 5.04. The van der Waals surface area contributed by atoms with Crippen molar-refractivity contribution < 1.29 is 4.12 Å². The van der Waals surface area contributed by atoms with Gasteiger partial charge in [0, 0.05) is 0 Å². The van der Waals surface area contributed by atoms with Gasteiger partial charge in [0.25, 0.3) is 0 Å². The average Bonchev–Trinajstić information content (AvgIpc) is 2.37. The molecule has 0 saturated heterocycles. The number of allylic oxidation sites excluding steroid dienone is 4. The number of rotatable bonds is 13. The first-order chi connectivity index (χ1) is 9.17. The molecule has 0 fully saturated rings. The van der Waals surface area contributed by atoms with E-state index in [9.17, 15) is 0 Å². The lowest BCUT2D eigenvalue weighted by Crippen LogP contribution is -2.42. The molecule has 0 aromatic rings. The molecule has 2 N–H and O–H groups in total. The van der Waals surface area contributed by atoms with E-state index in [-0.39, 0.29) is 0 Å². The molecule has 0 amide bonds. The second kappa shape index (κ2) is 11.2. The van der Waals surface area contributed by atoms with Gasteiger partial charge >= 0.3 is 0 Å². The van der Waals surface area contributed by atoms with Crippen LogP contribution in [0.1, 0.15) is 6.42 Å². The minimum absolute atomic E-state index is 0.739. The van der Waals surface area contributed by atoms with Crippen LogP contribution in [0.25, 0.3) is 0 Å². The van der Waals surface area contributed by atoms with E-state index in [2.05, 4.69) is 26.3 Å². The summed E-state index contributed by atoms with van der Waals surface area (Å²) in [5.41, 5.74) is 5.62. The van der Waals surface area contributed by atoms with Crippen molar-refractivity contribution in [2.75, 3.05) is 6.54 Å². The lowest BCUT2D eigenvalue weighted by atomic mass is 10.5. The highest BCUT2D eigenvalue weighted by Crippen LogP contribution is 2.27. The summed E-state index contributed by atoms with van der Waals surface area (Å²) in [5, 5.41) is 0. The predicted octanol–water partition coefficient (Wildman–Crippen LogP) is 3.77. The molecule has 0 spiro atoms. The Hall–Kier alpha value is -0.686. The van der Waals surface area contributed by atoms with E-state index >= 15 is 0 Å². The minimum atomic E-state index is -1.83. The van der Waals surface area contributed by atoms with Crippen LogP contribution >= 0.6 is 0 Å². The molecule has 4 heteroatoms. The second-order valence-corrected chi connectivity index (χ2v) is 11.7. The largest absolute Gasteiger partial charge is 0.456 e. The first-order valence-corrected chi connectivity index (χ1v) is 11.6. The third-order valence-corrected chi connectivity index (χ3v) is 11.5. The Kier molecular flexibility index (Phi) is 10.8. The van der Waals surface area contributed by atoms with Crippen molar-refractivity contribution in [3.8, 4) is 0 Å². The SMILES string of the molecule is C=CC[SiH](CCCN)O[Si](CC=C)(CC=C)CC=C. The molecule has 0 aromatic carbocycles. The Morgan fingerprint density at radius 1 is 0.947 bits per heavy atom. The summed E-state index contributed by atoms with van der Waals surface area (Å²) >= 11 is 0. The summed E-state index contributed by atoms with van der Waals surface area (Å²) in [6.45, 7) is 16.3. The van der Waals surface area contributed by atoms with Gasteiger partial charge in [-0.2, -0.15) is 0 Å². The van der Waals surface area contributed by atoms with Crippen molar-refractivity contribution in [2.45, 2.75) is 36.6 Å². The molecule has 0 saturated carbocycles. The molecule has 0 heterocycles. The van der Waals surface area contributed by atoms with Crippen molar-refractivity contribution in [1.29, 1.82) is 0 Å². The van der Waals surface area contributed by atoms with Crippen LogP contribution in [0.3, 0.4) is 0 Å². The summed E-state index contributed by atoms with van der Waals surface area (Å²) < 4.78 is 6.64. The standard InChI is InChI=1S/C15H29NOSi2/c1-5-11-18(12-9-10-16)17-19(13-6-2,14-7-3)15-8-4/h5-8,18H,1-4,9-16H2. The van der Waals surface area contributed by atoms with Gasteiger partial charge in [0.2, 0.25) is 0 Å². The first-order valence-electron chi connectivity index (χ1n) is 6.99. The van der Waals surface area contributed by atoms with Gasteiger partial charge in [0.05, 0.1) is 0 Å². The predicted molar refractivity (Wildman–Crippen MR) is 92.5 cm³/mol. The number of hydrogen-bond donors (Lipinski definition) is 1. The molecule has 0 aromatic heterocycles. The Bertz CT molecular complexity index is 265. The minimum Gasteiger partial charge on any atom is -0.456 e. The summed E-state index contributed by atoms with van der Waals surface area (Å²) in [7, 11) is -3.08. The van der Waals surface area contributed by atoms with Gasteiger partial charge in [-0.3, -0.25) is 0 Å². The molecule has 19 heavy (non-hydrogen) atoms. The zero-order valence-electron chi connectivity index (χ0n) is 12.2. The lowest BCUT2D eigenvalue weighted by molar-refractivity contribution is 0.548. The molecule has 0 rings (SSSR count). The fourth-order valence-corrected chi connectivity index (χ4v) is 10.5. The van der Waals surface area contributed by atoms with Crippen LogP contribution in [0.15, 0.2) is 50.6 Å². The fourth-order valence-electron chi connectivity index (χ4n) is 2.29. The molecule has 0 radical (unpaired) electrons. The van der Waals surface area contributed by atoms with E-state index in [1.54, 1.807) is 0 Å². The van der Waals surface area contributed by atoms with E-state index in [1.165, 1.54) is 0 Å². The van der Waals surface area contributed by atoms with Crippen LogP contribution in [0.2, 0.25) is 30.2 Å². The first kappa shape index (κ1) is 18.3. The third kappa shape index (κ3) is 7.47. The summed E-state index contributed by atoms with van der Waals surface area (Å²) in [4.78, 5) is 0. The highest BCUT2D eigenvalue weighted by atomic mass is 28.4. The molecule has 0 aliphatic heterocycles. The van der Waals surface area contributed by atoms with Gasteiger partial charge in [-0.05, 0) is 43.2 Å². The Morgan fingerprint density at radius 3 is 1.84 bits per heavy atom. The maximum absolute atomic E-state index is 6.64. The quantitative estimate of drug-likeness (QED) is 0.415. The lowest BCUT2D eigenvalue weighted by Gasteiger charge is -2.33.